The summed E-state index contributed by atoms with van der Waals surface area (Å²) in [5.41, 5.74) is 2.48. The van der Waals surface area contributed by atoms with Gasteiger partial charge in [0.2, 0.25) is 5.96 Å². The molecule has 0 amide bonds. The van der Waals surface area contributed by atoms with Crippen LogP contribution in [-0.4, -0.2) is 32.6 Å². The third-order valence-electron chi connectivity index (χ3n) is 1.62. The molecule has 8 heteroatoms. The zero-order chi connectivity index (χ0) is 11.3. The molecule has 1 unspecified atom stereocenters. The van der Waals surface area contributed by atoms with Crippen molar-refractivity contribution in [3.63, 3.8) is 0 Å². The van der Waals surface area contributed by atoms with Crippen LogP contribution in [0.4, 0.5) is 0 Å². The van der Waals surface area contributed by atoms with Crippen LogP contribution >= 0.6 is 0 Å². The molecule has 0 fully saturated rings. The van der Waals surface area contributed by atoms with Crippen LogP contribution in [0.25, 0.3) is 0 Å². The van der Waals surface area contributed by atoms with E-state index in [9.17, 15) is 0 Å². The number of aromatic amines is 1. The molecule has 0 aromatic carbocycles. The molecule has 0 radical (unpaired) electrons. The largest absolute Gasteiger partial charge is 0.353 e. The van der Waals surface area contributed by atoms with E-state index in [2.05, 4.69) is 36.4 Å². The molecule has 0 bridgehead atoms. The standard InChI is InChI=1S/C7H16N8/c1-4(2)9-7(11-8)10-5(3)6-12-14-15-13-6/h4-5H,8H2,1-3H3,(H2,9,10,11)(H,12,13,14,15). The van der Waals surface area contributed by atoms with Gasteiger partial charge in [0.15, 0.2) is 5.82 Å². The number of nitrogens with two attached hydrogens (primary N) is 1. The van der Waals surface area contributed by atoms with E-state index in [1.165, 1.54) is 0 Å². The number of hydrogen-bond acceptors (Lipinski definition) is 5. The van der Waals surface area contributed by atoms with E-state index in [4.69, 9.17) is 5.84 Å². The summed E-state index contributed by atoms with van der Waals surface area (Å²) < 4.78 is 0. The molecule has 0 saturated carbocycles. The fourth-order valence-corrected chi connectivity index (χ4v) is 0.988. The summed E-state index contributed by atoms with van der Waals surface area (Å²) in [6.45, 7) is 5.84. The average molecular weight is 212 g/mol. The first kappa shape index (κ1) is 11.4. The summed E-state index contributed by atoms with van der Waals surface area (Å²) in [4.78, 5) is 4.26. The number of guanidine groups is 1. The number of nitrogens with one attached hydrogen (secondary N) is 3. The number of H-pyrrole nitrogens is 1. The van der Waals surface area contributed by atoms with Crippen LogP contribution in [-0.2, 0) is 0 Å². The number of aromatic nitrogens is 4. The summed E-state index contributed by atoms with van der Waals surface area (Å²) in [6, 6.07) is 0.0401. The van der Waals surface area contributed by atoms with Gasteiger partial charge in [-0.2, -0.15) is 5.21 Å². The lowest BCUT2D eigenvalue weighted by Crippen LogP contribution is -2.44. The summed E-state index contributed by atoms with van der Waals surface area (Å²) >= 11 is 0. The fraction of sp³-hybridized carbons (Fsp3) is 0.714. The van der Waals surface area contributed by atoms with E-state index in [1.807, 2.05) is 20.8 Å². The number of aliphatic imine (C=N–C) groups is 1. The quantitative estimate of drug-likeness (QED) is 0.223. The lowest BCUT2D eigenvalue weighted by Gasteiger charge is -2.13. The van der Waals surface area contributed by atoms with Crippen molar-refractivity contribution in [2.75, 3.05) is 0 Å². The van der Waals surface area contributed by atoms with Crippen LogP contribution in [0.3, 0.4) is 0 Å². The van der Waals surface area contributed by atoms with Crippen LogP contribution in [0.1, 0.15) is 32.6 Å². The van der Waals surface area contributed by atoms with E-state index >= 15 is 0 Å². The second-order valence-corrected chi connectivity index (χ2v) is 3.37. The first-order chi connectivity index (χ1) is 7.13. The number of hydrogen-bond donors (Lipinski definition) is 4. The Balaban J connectivity index is 2.66. The molecular formula is C7H16N8. The number of nitrogens with zero attached hydrogens (tertiary/aromatic N) is 4. The maximum atomic E-state index is 5.32. The molecule has 5 N–H and O–H groups in total. The zero-order valence-electron chi connectivity index (χ0n) is 9.02. The minimum absolute atomic E-state index is 0.207. The molecule has 1 aromatic rings. The fourth-order valence-electron chi connectivity index (χ4n) is 0.988. The van der Waals surface area contributed by atoms with E-state index < -0.39 is 0 Å². The predicted molar refractivity (Wildman–Crippen MR) is 55.6 cm³/mol. The third-order valence-corrected chi connectivity index (χ3v) is 1.62. The Morgan fingerprint density at radius 1 is 1.47 bits per heavy atom. The van der Waals surface area contributed by atoms with Gasteiger partial charge in [0.1, 0.15) is 6.04 Å². The highest BCUT2D eigenvalue weighted by Crippen LogP contribution is 2.08. The molecule has 8 nitrogen and oxygen atoms in total. The van der Waals surface area contributed by atoms with Crippen molar-refractivity contribution in [1.29, 1.82) is 0 Å². The topological polar surface area (TPSA) is 117 Å². The summed E-state index contributed by atoms with van der Waals surface area (Å²) in [5.74, 6) is 6.34. The van der Waals surface area contributed by atoms with Crippen molar-refractivity contribution in [3.05, 3.63) is 5.82 Å². The van der Waals surface area contributed by atoms with E-state index in [-0.39, 0.29) is 12.1 Å². The first-order valence-electron chi connectivity index (χ1n) is 4.67. The summed E-state index contributed by atoms with van der Waals surface area (Å²) in [5, 5.41) is 16.5. The van der Waals surface area contributed by atoms with E-state index in [0.29, 0.717) is 11.8 Å². The number of rotatable bonds is 3. The Bertz CT molecular complexity index is 303. The Kier molecular flexibility index (Phi) is 3.98. The van der Waals surface area contributed by atoms with Gasteiger partial charge in [-0.25, -0.2) is 10.8 Å². The van der Waals surface area contributed by atoms with E-state index in [0.717, 1.165) is 0 Å². The average Bonchev–Trinajstić information content (AvgIpc) is 2.68. The maximum absolute atomic E-state index is 5.32. The molecule has 15 heavy (non-hydrogen) atoms. The summed E-state index contributed by atoms with van der Waals surface area (Å²) in [6.07, 6.45) is 0. The highest BCUT2D eigenvalue weighted by molar-refractivity contribution is 5.79. The molecule has 1 rings (SSSR count). The van der Waals surface area contributed by atoms with Crippen LogP contribution in [0.2, 0.25) is 0 Å². The third kappa shape index (κ3) is 3.50. The maximum Gasteiger partial charge on any atom is 0.206 e. The van der Waals surface area contributed by atoms with Crippen LogP contribution in [0, 0.1) is 0 Å². The van der Waals surface area contributed by atoms with E-state index in [1.54, 1.807) is 0 Å². The predicted octanol–water partition coefficient (Wildman–Crippen LogP) is -0.922. The number of hydrazine groups is 1. The molecule has 1 aromatic heterocycles. The molecule has 0 spiro atoms. The monoisotopic (exact) mass is 212 g/mol. The molecule has 1 atom stereocenters. The molecule has 0 saturated heterocycles. The molecule has 0 aliphatic rings. The second kappa shape index (κ2) is 5.25. The van der Waals surface area contributed by atoms with Crippen molar-refractivity contribution < 1.29 is 0 Å². The van der Waals surface area contributed by atoms with Crippen molar-refractivity contribution in [2.24, 2.45) is 10.8 Å². The highest BCUT2D eigenvalue weighted by Gasteiger charge is 2.10. The van der Waals surface area contributed by atoms with Gasteiger partial charge in [-0.15, -0.1) is 10.2 Å². The van der Waals surface area contributed by atoms with Crippen molar-refractivity contribution >= 4 is 5.96 Å². The second-order valence-electron chi connectivity index (χ2n) is 3.37. The lowest BCUT2D eigenvalue weighted by atomic mass is 10.3. The highest BCUT2D eigenvalue weighted by atomic mass is 15.5. The Hall–Kier alpha value is -1.70. The van der Waals surface area contributed by atoms with Crippen molar-refractivity contribution in [3.8, 4) is 0 Å². The first-order valence-corrected chi connectivity index (χ1v) is 4.67. The Labute approximate surface area is 87.7 Å². The Morgan fingerprint density at radius 3 is 2.67 bits per heavy atom. The van der Waals surface area contributed by atoms with Gasteiger partial charge in [-0.05, 0) is 20.8 Å². The summed E-state index contributed by atoms with van der Waals surface area (Å²) in [7, 11) is 0. The minimum atomic E-state index is -0.207. The molecule has 0 aliphatic heterocycles. The van der Waals surface area contributed by atoms with Gasteiger partial charge in [-0.1, -0.05) is 5.21 Å². The van der Waals surface area contributed by atoms with Gasteiger partial charge >= 0.3 is 0 Å². The zero-order valence-corrected chi connectivity index (χ0v) is 9.02. The van der Waals surface area contributed by atoms with Crippen LogP contribution < -0.4 is 16.6 Å². The number of tetrazole rings is 1. The lowest BCUT2D eigenvalue weighted by molar-refractivity contribution is 0.675. The molecule has 0 aliphatic carbocycles. The minimum Gasteiger partial charge on any atom is -0.353 e. The van der Waals surface area contributed by atoms with Gasteiger partial charge in [0.25, 0.3) is 0 Å². The Morgan fingerprint density at radius 2 is 2.20 bits per heavy atom. The van der Waals surface area contributed by atoms with Crippen molar-refractivity contribution in [2.45, 2.75) is 32.9 Å². The smallest absolute Gasteiger partial charge is 0.206 e. The van der Waals surface area contributed by atoms with Crippen LogP contribution in [0.5, 0.6) is 0 Å². The molecule has 84 valence electrons. The molecular weight excluding hydrogens is 196 g/mol. The van der Waals surface area contributed by atoms with Gasteiger partial charge in [0.05, 0.1) is 0 Å². The SMILES string of the molecule is CC(C)NC(=NC(C)c1nn[nH]n1)NN. The van der Waals surface area contributed by atoms with Gasteiger partial charge < -0.3 is 5.32 Å². The normalized spacial score (nSPS) is 14.1. The van der Waals surface area contributed by atoms with Crippen LogP contribution in [0.15, 0.2) is 4.99 Å². The molecule has 1 heterocycles. The van der Waals surface area contributed by atoms with Gasteiger partial charge in [-0.3, -0.25) is 5.43 Å². The van der Waals surface area contributed by atoms with Crippen molar-refractivity contribution in [1.82, 2.24) is 31.4 Å². The van der Waals surface area contributed by atoms with Gasteiger partial charge in [0, 0.05) is 6.04 Å².